The van der Waals surface area contributed by atoms with Crippen molar-refractivity contribution in [3.63, 3.8) is 0 Å². The van der Waals surface area contributed by atoms with Crippen LogP contribution in [0.1, 0.15) is 330 Å². The highest BCUT2D eigenvalue weighted by molar-refractivity contribution is 7.41. The largest absolute Gasteiger partial charge is 0.332 e. The van der Waals surface area contributed by atoms with Gasteiger partial charge < -0.3 is 13.6 Å². The van der Waals surface area contributed by atoms with Gasteiger partial charge in [-0.1, -0.05) is 311 Å². The zero-order valence-corrected chi connectivity index (χ0v) is 44.2. The predicted octanol–water partition coefficient (Wildman–Crippen LogP) is 21.8. The molecule has 0 fully saturated rings. The molecule has 61 heavy (non-hydrogen) atoms. The molecule has 0 aliphatic heterocycles. The van der Waals surface area contributed by atoms with E-state index in [-0.39, 0.29) is 0 Å². The summed E-state index contributed by atoms with van der Waals surface area (Å²) < 4.78 is 19.3. The zero-order chi connectivity index (χ0) is 44.4. The predicted molar refractivity (Wildman–Crippen MR) is 277 cm³/mol. The van der Waals surface area contributed by atoms with E-state index in [0.29, 0.717) is 17.8 Å². The van der Waals surface area contributed by atoms with Crippen LogP contribution in [0.3, 0.4) is 0 Å². The summed E-state index contributed by atoms with van der Waals surface area (Å²) in [4.78, 5) is 0. The standard InChI is InChI=1S/C57H117O3P/c1-7-10-13-16-19-22-25-28-31-34-37-40-43-46-49-55(4)52-58-61(59-53-56(5)50-47-44-41-38-35-32-29-26-23-20-17-14-11-8-2)60-54-57(6)51-48-45-42-39-36-33-30-27-24-21-18-15-12-9-3/h55-57H,7-54H2,1-6H3. The van der Waals surface area contributed by atoms with Crippen molar-refractivity contribution in [2.24, 2.45) is 17.8 Å². The molecule has 0 rings (SSSR count). The van der Waals surface area contributed by atoms with Crippen molar-refractivity contribution in [2.75, 3.05) is 19.8 Å². The molecule has 3 atom stereocenters. The molecular weight excluding hydrogens is 764 g/mol. The van der Waals surface area contributed by atoms with Crippen molar-refractivity contribution in [3.8, 4) is 0 Å². The molecule has 0 N–H and O–H groups in total. The van der Waals surface area contributed by atoms with Gasteiger partial charge >= 0.3 is 8.60 Å². The Kier molecular flexibility index (Phi) is 53.2. The van der Waals surface area contributed by atoms with Crippen molar-refractivity contribution in [3.05, 3.63) is 0 Å². The maximum Gasteiger partial charge on any atom is 0.332 e. The van der Waals surface area contributed by atoms with E-state index in [1.807, 2.05) is 0 Å². The van der Waals surface area contributed by atoms with Gasteiger partial charge in [0.05, 0.1) is 19.8 Å². The summed E-state index contributed by atoms with van der Waals surface area (Å²) in [6, 6.07) is 0. The van der Waals surface area contributed by atoms with Crippen LogP contribution < -0.4 is 0 Å². The Morgan fingerprint density at radius 3 is 0.541 bits per heavy atom. The quantitative estimate of drug-likeness (QED) is 0.0450. The molecule has 0 heterocycles. The SMILES string of the molecule is CCCCCCCCCCCCCCCCC(C)COP(OCC(C)CCCCCCCCCCCCCCCC)OCC(C)CCCCCCCCCCCCCCCC. The van der Waals surface area contributed by atoms with Crippen molar-refractivity contribution in [2.45, 2.75) is 330 Å². The van der Waals surface area contributed by atoms with Gasteiger partial charge in [-0.15, -0.1) is 0 Å². The van der Waals surface area contributed by atoms with Crippen LogP contribution >= 0.6 is 8.60 Å². The van der Waals surface area contributed by atoms with E-state index >= 15 is 0 Å². The van der Waals surface area contributed by atoms with E-state index in [1.54, 1.807) is 0 Å². The monoisotopic (exact) mass is 881 g/mol. The summed E-state index contributed by atoms with van der Waals surface area (Å²) in [5.41, 5.74) is 0. The second-order valence-corrected chi connectivity index (χ2v) is 21.8. The molecule has 0 aliphatic rings. The summed E-state index contributed by atoms with van der Waals surface area (Å²) in [7, 11) is -1.27. The molecule has 0 saturated heterocycles. The average molecular weight is 882 g/mol. The Bertz CT molecular complexity index is 678. The van der Waals surface area contributed by atoms with Crippen LogP contribution in [0.25, 0.3) is 0 Å². The van der Waals surface area contributed by atoms with Crippen molar-refractivity contribution in [1.29, 1.82) is 0 Å². The van der Waals surface area contributed by atoms with E-state index in [1.165, 1.54) is 289 Å². The minimum Gasteiger partial charge on any atom is -0.312 e. The molecule has 0 bridgehead atoms. The zero-order valence-electron chi connectivity index (χ0n) is 43.3. The van der Waals surface area contributed by atoms with Crippen LogP contribution in [0.2, 0.25) is 0 Å². The summed E-state index contributed by atoms with van der Waals surface area (Å²) >= 11 is 0. The first-order valence-corrected chi connectivity index (χ1v) is 29.8. The highest BCUT2D eigenvalue weighted by atomic mass is 31.2. The lowest BCUT2D eigenvalue weighted by Crippen LogP contribution is -2.11. The molecule has 4 heteroatoms. The van der Waals surface area contributed by atoms with Gasteiger partial charge in [-0.3, -0.25) is 0 Å². The van der Waals surface area contributed by atoms with Gasteiger partial charge in [-0.25, -0.2) is 0 Å². The van der Waals surface area contributed by atoms with Crippen LogP contribution in [-0.2, 0) is 13.6 Å². The summed E-state index contributed by atoms with van der Waals surface area (Å²) in [6.45, 7) is 16.3. The topological polar surface area (TPSA) is 27.7 Å². The van der Waals surface area contributed by atoms with Crippen LogP contribution in [0, 0.1) is 17.8 Å². The summed E-state index contributed by atoms with van der Waals surface area (Å²) in [6.07, 6.45) is 63.5. The molecule has 0 spiro atoms. The molecule has 0 radical (unpaired) electrons. The highest BCUT2D eigenvalue weighted by Crippen LogP contribution is 2.42. The lowest BCUT2D eigenvalue weighted by Gasteiger charge is -2.22. The Morgan fingerprint density at radius 2 is 0.377 bits per heavy atom. The van der Waals surface area contributed by atoms with E-state index in [9.17, 15) is 0 Å². The molecule has 0 aromatic heterocycles. The summed E-state index contributed by atoms with van der Waals surface area (Å²) in [5.74, 6) is 1.70. The van der Waals surface area contributed by atoms with E-state index in [0.717, 1.165) is 19.8 Å². The second kappa shape index (κ2) is 52.9. The third kappa shape index (κ3) is 51.2. The maximum absolute atomic E-state index is 6.45. The molecule has 3 unspecified atom stereocenters. The molecule has 0 amide bonds. The minimum atomic E-state index is -1.27. The van der Waals surface area contributed by atoms with Crippen LogP contribution in [-0.4, -0.2) is 19.8 Å². The van der Waals surface area contributed by atoms with Gasteiger partial charge in [-0.2, -0.15) is 0 Å². The molecule has 0 saturated carbocycles. The smallest absolute Gasteiger partial charge is 0.312 e. The van der Waals surface area contributed by atoms with Crippen LogP contribution in [0.4, 0.5) is 0 Å². The van der Waals surface area contributed by atoms with Gasteiger partial charge in [-0.05, 0) is 37.0 Å². The molecule has 0 aliphatic carbocycles. The van der Waals surface area contributed by atoms with Gasteiger partial charge in [0.25, 0.3) is 0 Å². The van der Waals surface area contributed by atoms with Gasteiger partial charge in [0.15, 0.2) is 0 Å². The molecule has 368 valence electrons. The van der Waals surface area contributed by atoms with Crippen molar-refractivity contribution < 1.29 is 13.6 Å². The van der Waals surface area contributed by atoms with E-state index in [4.69, 9.17) is 13.6 Å². The third-order valence-electron chi connectivity index (χ3n) is 13.5. The maximum atomic E-state index is 6.45. The lowest BCUT2D eigenvalue weighted by atomic mass is 10.0. The number of hydrogen-bond donors (Lipinski definition) is 0. The van der Waals surface area contributed by atoms with Gasteiger partial charge in [0.1, 0.15) is 0 Å². The minimum absolute atomic E-state index is 0.565. The molecule has 0 aromatic rings. The Balaban J connectivity index is 4.28. The third-order valence-corrected chi connectivity index (χ3v) is 14.6. The Morgan fingerprint density at radius 1 is 0.230 bits per heavy atom. The first-order valence-electron chi connectivity index (χ1n) is 28.7. The number of rotatable bonds is 54. The highest BCUT2D eigenvalue weighted by Gasteiger charge is 2.18. The van der Waals surface area contributed by atoms with Crippen LogP contribution in [0.5, 0.6) is 0 Å². The Hall–Kier alpha value is 0.310. The molecular formula is C57H117O3P. The van der Waals surface area contributed by atoms with E-state index in [2.05, 4.69) is 41.5 Å². The average Bonchev–Trinajstić information content (AvgIpc) is 3.26. The van der Waals surface area contributed by atoms with Crippen LogP contribution in [0.15, 0.2) is 0 Å². The van der Waals surface area contributed by atoms with Crippen molar-refractivity contribution >= 4 is 8.60 Å². The molecule has 0 aromatic carbocycles. The Labute approximate surface area is 388 Å². The second-order valence-electron chi connectivity index (χ2n) is 20.6. The lowest BCUT2D eigenvalue weighted by molar-refractivity contribution is 0.118. The number of hydrogen-bond acceptors (Lipinski definition) is 3. The van der Waals surface area contributed by atoms with Crippen molar-refractivity contribution in [1.82, 2.24) is 0 Å². The summed E-state index contributed by atoms with van der Waals surface area (Å²) in [5, 5.41) is 0. The fraction of sp³-hybridized carbons (Fsp3) is 1.00. The normalized spacial score (nSPS) is 13.9. The van der Waals surface area contributed by atoms with Gasteiger partial charge in [0, 0.05) is 0 Å². The number of unbranched alkanes of at least 4 members (excludes halogenated alkanes) is 39. The van der Waals surface area contributed by atoms with E-state index < -0.39 is 8.60 Å². The fourth-order valence-electron chi connectivity index (χ4n) is 8.99. The molecule has 3 nitrogen and oxygen atoms in total. The first-order chi connectivity index (χ1) is 30.0. The fourth-order valence-corrected chi connectivity index (χ4v) is 10.3. The van der Waals surface area contributed by atoms with Gasteiger partial charge in [0.2, 0.25) is 0 Å². The first kappa shape index (κ1) is 61.3.